The zero-order chi connectivity index (χ0) is 14.6. The molecule has 2 aromatic rings. The van der Waals surface area contributed by atoms with Crippen LogP contribution in [0, 0.1) is 11.3 Å². The molecule has 0 amide bonds. The SMILES string of the molecule is CCOP(=O)(CC)Oc1cccc2c(C#N)nccc12. The van der Waals surface area contributed by atoms with Crippen LogP contribution in [0.15, 0.2) is 30.5 Å². The molecule has 0 aliphatic heterocycles. The van der Waals surface area contributed by atoms with Gasteiger partial charge in [-0.25, -0.2) is 9.55 Å². The van der Waals surface area contributed by atoms with E-state index in [1.807, 2.05) is 6.07 Å². The van der Waals surface area contributed by atoms with E-state index < -0.39 is 7.60 Å². The molecule has 0 bridgehead atoms. The molecule has 0 saturated carbocycles. The molecule has 1 aromatic carbocycles. The fourth-order valence-corrected chi connectivity index (χ4v) is 3.09. The quantitative estimate of drug-likeness (QED) is 0.784. The van der Waals surface area contributed by atoms with Gasteiger partial charge in [0, 0.05) is 17.0 Å². The predicted octanol–water partition coefficient (Wildman–Crippen LogP) is 3.73. The zero-order valence-electron chi connectivity index (χ0n) is 11.4. The highest BCUT2D eigenvalue weighted by molar-refractivity contribution is 7.54. The Morgan fingerprint density at radius 2 is 2.10 bits per heavy atom. The van der Waals surface area contributed by atoms with Crippen molar-refractivity contribution >= 4 is 18.4 Å². The molecule has 5 nitrogen and oxygen atoms in total. The third kappa shape index (κ3) is 2.82. The largest absolute Gasteiger partial charge is 0.424 e. The summed E-state index contributed by atoms with van der Waals surface area (Å²) >= 11 is 0. The van der Waals surface area contributed by atoms with Crippen molar-refractivity contribution < 1.29 is 13.6 Å². The van der Waals surface area contributed by atoms with E-state index in [4.69, 9.17) is 14.3 Å². The Balaban J connectivity index is 2.51. The topological polar surface area (TPSA) is 72.2 Å². The van der Waals surface area contributed by atoms with Crippen LogP contribution in [0.5, 0.6) is 5.75 Å². The number of rotatable bonds is 5. The summed E-state index contributed by atoms with van der Waals surface area (Å²) < 4.78 is 23.3. The molecule has 2 rings (SSSR count). The molecule has 0 aliphatic rings. The fourth-order valence-electron chi connectivity index (χ4n) is 1.88. The van der Waals surface area contributed by atoms with Crippen LogP contribution >= 0.6 is 7.60 Å². The van der Waals surface area contributed by atoms with Gasteiger partial charge in [-0.15, -0.1) is 0 Å². The summed E-state index contributed by atoms with van der Waals surface area (Å²) in [5.41, 5.74) is 0.315. The molecule has 0 N–H and O–H groups in total. The lowest BCUT2D eigenvalue weighted by Gasteiger charge is -2.18. The van der Waals surface area contributed by atoms with E-state index in [1.54, 1.807) is 38.1 Å². The molecule has 1 aromatic heterocycles. The lowest BCUT2D eigenvalue weighted by molar-refractivity contribution is 0.281. The Morgan fingerprint density at radius 3 is 2.75 bits per heavy atom. The standard InChI is InChI=1S/C14H15N2O3P/c1-3-18-20(17,4-2)19-14-7-5-6-11-12(14)8-9-16-13(11)10-15/h5-9H,3-4H2,1-2H3. The number of benzene rings is 1. The minimum absolute atomic E-state index is 0.285. The lowest BCUT2D eigenvalue weighted by Crippen LogP contribution is -2.01. The summed E-state index contributed by atoms with van der Waals surface area (Å²) in [7, 11) is -3.15. The van der Waals surface area contributed by atoms with Gasteiger partial charge in [-0.2, -0.15) is 5.26 Å². The summed E-state index contributed by atoms with van der Waals surface area (Å²) in [4.78, 5) is 4.00. The first-order valence-electron chi connectivity index (χ1n) is 6.34. The van der Waals surface area contributed by atoms with Crippen LogP contribution in [-0.2, 0) is 9.09 Å². The first-order valence-corrected chi connectivity index (χ1v) is 8.07. The van der Waals surface area contributed by atoms with Crippen molar-refractivity contribution in [2.24, 2.45) is 0 Å². The van der Waals surface area contributed by atoms with Gasteiger partial charge >= 0.3 is 7.60 Å². The first-order chi connectivity index (χ1) is 9.63. The highest BCUT2D eigenvalue weighted by atomic mass is 31.2. The lowest BCUT2D eigenvalue weighted by atomic mass is 10.1. The Kier molecular flexibility index (Phi) is 4.39. The second-order valence-corrected chi connectivity index (χ2v) is 6.35. The van der Waals surface area contributed by atoms with Crippen molar-refractivity contribution in [2.45, 2.75) is 13.8 Å². The summed E-state index contributed by atoms with van der Waals surface area (Å²) in [6.45, 7) is 3.84. The third-order valence-electron chi connectivity index (χ3n) is 2.82. The van der Waals surface area contributed by atoms with Crippen LogP contribution in [0.1, 0.15) is 19.5 Å². The number of hydrogen-bond acceptors (Lipinski definition) is 5. The minimum atomic E-state index is -3.15. The van der Waals surface area contributed by atoms with E-state index in [1.165, 1.54) is 6.20 Å². The summed E-state index contributed by atoms with van der Waals surface area (Å²) in [6, 6.07) is 9.00. The van der Waals surface area contributed by atoms with Gasteiger partial charge in [0.05, 0.1) is 12.8 Å². The Labute approximate surface area is 117 Å². The summed E-state index contributed by atoms with van der Waals surface area (Å²) in [5, 5.41) is 10.4. The van der Waals surface area contributed by atoms with Crippen LogP contribution < -0.4 is 4.52 Å². The number of nitriles is 1. The number of fused-ring (bicyclic) bond motifs is 1. The highest BCUT2D eigenvalue weighted by Gasteiger charge is 2.23. The summed E-state index contributed by atoms with van der Waals surface area (Å²) in [6.07, 6.45) is 1.82. The zero-order valence-corrected chi connectivity index (χ0v) is 12.3. The van der Waals surface area contributed by atoms with E-state index >= 15 is 0 Å². The van der Waals surface area contributed by atoms with E-state index in [0.29, 0.717) is 28.8 Å². The van der Waals surface area contributed by atoms with E-state index in [0.717, 1.165) is 0 Å². The van der Waals surface area contributed by atoms with Gasteiger partial charge in [0.15, 0.2) is 0 Å². The van der Waals surface area contributed by atoms with Crippen LogP contribution in [0.25, 0.3) is 10.8 Å². The second kappa shape index (κ2) is 6.04. The molecule has 104 valence electrons. The molecule has 0 radical (unpaired) electrons. The Hall–Kier alpha value is -1.89. The fraction of sp³-hybridized carbons (Fsp3) is 0.286. The molecule has 0 fully saturated rings. The first kappa shape index (κ1) is 14.5. The van der Waals surface area contributed by atoms with Gasteiger partial charge in [0.2, 0.25) is 0 Å². The van der Waals surface area contributed by atoms with Crippen molar-refractivity contribution in [3.05, 3.63) is 36.2 Å². The van der Waals surface area contributed by atoms with Gasteiger partial charge in [-0.05, 0) is 19.1 Å². The normalized spacial score (nSPS) is 13.7. The maximum atomic E-state index is 12.4. The van der Waals surface area contributed by atoms with Crippen molar-refractivity contribution in [1.29, 1.82) is 5.26 Å². The third-order valence-corrected chi connectivity index (χ3v) is 4.72. The maximum absolute atomic E-state index is 12.4. The van der Waals surface area contributed by atoms with Crippen molar-refractivity contribution in [3.63, 3.8) is 0 Å². The molecule has 1 unspecified atom stereocenters. The molecule has 1 heterocycles. The molecular formula is C14H15N2O3P. The van der Waals surface area contributed by atoms with Gasteiger partial charge in [-0.1, -0.05) is 19.1 Å². The number of aromatic nitrogens is 1. The van der Waals surface area contributed by atoms with Crippen molar-refractivity contribution in [2.75, 3.05) is 12.8 Å². The van der Waals surface area contributed by atoms with E-state index in [-0.39, 0.29) is 6.16 Å². The molecule has 0 aliphatic carbocycles. The molecule has 6 heteroatoms. The van der Waals surface area contributed by atoms with Gasteiger partial charge < -0.3 is 9.05 Å². The van der Waals surface area contributed by atoms with Gasteiger partial charge in [0.1, 0.15) is 17.5 Å². The number of pyridine rings is 1. The van der Waals surface area contributed by atoms with Crippen LogP contribution in [0.2, 0.25) is 0 Å². The molecular weight excluding hydrogens is 275 g/mol. The summed E-state index contributed by atoms with van der Waals surface area (Å²) in [5.74, 6) is 0.444. The van der Waals surface area contributed by atoms with Gasteiger partial charge in [0.25, 0.3) is 0 Å². The Bertz CT molecular complexity index is 709. The average molecular weight is 290 g/mol. The molecule has 0 spiro atoms. The molecule has 0 saturated heterocycles. The van der Waals surface area contributed by atoms with Crippen molar-refractivity contribution in [1.82, 2.24) is 4.98 Å². The predicted molar refractivity (Wildman–Crippen MR) is 76.9 cm³/mol. The maximum Gasteiger partial charge on any atom is 0.378 e. The van der Waals surface area contributed by atoms with Crippen LogP contribution in [0.4, 0.5) is 0 Å². The average Bonchev–Trinajstić information content (AvgIpc) is 2.47. The number of hydrogen-bond donors (Lipinski definition) is 0. The van der Waals surface area contributed by atoms with E-state index in [9.17, 15) is 4.57 Å². The monoisotopic (exact) mass is 290 g/mol. The van der Waals surface area contributed by atoms with Crippen molar-refractivity contribution in [3.8, 4) is 11.8 Å². The second-order valence-electron chi connectivity index (χ2n) is 4.06. The molecule has 1 atom stereocenters. The van der Waals surface area contributed by atoms with Crippen LogP contribution in [0.3, 0.4) is 0 Å². The smallest absolute Gasteiger partial charge is 0.378 e. The molecule has 20 heavy (non-hydrogen) atoms. The Morgan fingerprint density at radius 1 is 1.30 bits per heavy atom. The van der Waals surface area contributed by atoms with Crippen LogP contribution in [-0.4, -0.2) is 17.8 Å². The number of nitrogens with zero attached hydrogens (tertiary/aromatic N) is 2. The van der Waals surface area contributed by atoms with E-state index in [2.05, 4.69) is 4.98 Å². The minimum Gasteiger partial charge on any atom is -0.424 e. The highest BCUT2D eigenvalue weighted by Crippen LogP contribution is 2.49. The van der Waals surface area contributed by atoms with Gasteiger partial charge in [-0.3, -0.25) is 0 Å².